The first-order chi connectivity index (χ1) is 10.3. The van der Waals surface area contributed by atoms with Crippen molar-refractivity contribution >= 4 is 0 Å². The minimum Gasteiger partial charge on any atom is -0.324 e. The van der Waals surface area contributed by atoms with Crippen LogP contribution in [0.4, 0.5) is 0 Å². The molecule has 3 fully saturated rings. The number of benzene rings is 1. The second-order valence-corrected chi connectivity index (χ2v) is 7.14. The van der Waals surface area contributed by atoms with Crippen molar-refractivity contribution in [3.8, 4) is 5.69 Å². The molecule has 3 heteroatoms. The van der Waals surface area contributed by atoms with Crippen molar-refractivity contribution in [1.29, 1.82) is 0 Å². The number of para-hydroxylation sites is 1. The van der Waals surface area contributed by atoms with Gasteiger partial charge in [-0.05, 0) is 61.0 Å². The highest BCUT2D eigenvalue weighted by Gasteiger charge is 2.66. The first kappa shape index (κ1) is 12.0. The van der Waals surface area contributed by atoms with Gasteiger partial charge in [-0.15, -0.1) is 0 Å². The third kappa shape index (κ3) is 1.67. The highest BCUT2D eigenvalue weighted by atomic mass is 15.3. The Hall–Kier alpha value is -1.61. The number of aromatic nitrogens is 2. The van der Waals surface area contributed by atoms with E-state index in [0.29, 0.717) is 0 Å². The standard InChI is InChI=1S/C18H21N3/c19-18(17-15-11-6-7-12(8-11)16(15)17)13-9-20-21(10-13)14-4-2-1-3-5-14/h1-5,9-12,15-18H,6-8,19H2. The van der Waals surface area contributed by atoms with Gasteiger partial charge >= 0.3 is 0 Å². The second-order valence-electron chi connectivity index (χ2n) is 7.14. The van der Waals surface area contributed by atoms with Gasteiger partial charge in [0.15, 0.2) is 0 Å². The van der Waals surface area contributed by atoms with Crippen molar-refractivity contribution in [3.05, 3.63) is 48.3 Å². The maximum Gasteiger partial charge on any atom is 0.0645 e. The van der Waals surface area contributed by atoms with E-state index in [2.05, 4.69) is 23.4 Å². The number of hydrogen-bond donors (Lipinski definition) is 1. The molecular weight excluding hydrogens is 258 g/mol. The van der Waals surface area contributed by atoms with Gasteiger partial charge in [0.25, 0.3) is 0 Å². The fourth-order valence-corrected chi connectivity index (χ4v) is 5.33. The second kappa shape index (κ2) is 4.20. The zero-order chi connectivity index (χ0) is 14.0. The monoisotopic (exact) mass is 279 g/mol. The minimum atomic E-state index is 0.181. The molecule has 3 saturated carbocycles. The van der Waals surface area contributed by atoms with Crippen LogP contribution in [0, 0.1) is 29.6 Å². The fourth-order valence-electron chi connectivity index (χ4n) is 5.33. The van der Waals surface area contributed by atoms with Crippen LogP contribution in [0.25, 0.3) is 5.69 Å². The molecule has 0 radical (unpaired) electrons. The summed E-state index contributed by atoms with van der Waals surface area (Å²) >= 11 is 0. The Balaban J connectivity index is 1.38. The molecule has 3 nitrogen and oxygen atoms in total. The van der Waals surface area contributed by atoms with Crippen molar-refractivity contribution in [2.75, 3.05) is 0 Å². The van der Waals surface area contributed by atoms with Crippen molar-refractivity contribution in [2.24, 2.45) is 35.3 Å². The van der Waals surface area contributed by atoms with Gasteiger partial charge in [0, 0.05) is 17.8 Å². The lowest BCUT2D eigenvalue weighted by Crippen LogP contribution is -2.17. The molecule has 0 amide bonds. The summed E-state index contributed by atoms with van der Waals surface area (Å²) in [5, 5.41) is 4.50. The van der Waals surface area contributed by atoms with E-state index in [1.54, 1.807) is 0 Å². The van der Waals surface area contributed by atoms with E-state index in [9.17, 15) is 0 Å². The smallest absolute Gasteiger partial charge is 0.0645 e. The largest absolute Gasteiger partial charge is 0.324 e. The van der Waals surface area contributed by atoms with Crippen LogP contribution >= 0.6 is 0 Å². The van der Waals surface area contributed by atoms with Gasteiger partial charge in [0.2, 0.25) is 0 Å². The third-order valence-electron chi connectivity index (χ3n) is 6.22. The summed E-state index contributed by atoms with van der Waals surface area (Å²) in [5.41, 5.74) is 8.89. The molecular formula is C18H21N3. The summed E-state index contributed by atoms with van der Waals surface area (Å²) in [6.07, 6.45) is 8.49. The average Bonchev–Trinajstić information content (AvgIpc) is 2.93. The number of fused-ring (bicyclic) bond motifs is 5. The zero-order valence-corrected chi connectivity index (χ0v) is 12.1. The van der Waals surface area contributed by atoms with Crippen LogP contribution in [0.5, 0.6) is 0 Å². The first-order valence-corrected chi connectivity index (χ1v) is 8.18. The molecule has 1 heterocycles. The molecule has 2 bridgehead atoms. The molecule has 3 aliphatic rings. The lowest BCUT2D eigenvalue weighted by Gasteiger charge is -2.14. The number of nitrogens with zero attached hydrogens (tertiary/aromatic N) is 2. The Morgan fingerprint density at radius 2 is 1.81 bits per heavy atom. The van der Waals surface area contributed by atoms with Gasteiger partial charge in [-0.25, -0.2) is 4.68 Å². The Labute approximate surface area is 125 Å². The molecule has 0 spiro atoms. The summed E-state index contributed by atoms with van der Waals surface area (Å²) in [5.74, 6) is 4.56. The van der Waals surface area contributed by atoms with Crippen molar-refractivity contribution in [3.63, 3.8) is 0 Å². The molecule has 5 atom stereocenters. The molecule has 3 aliphatic carbocycles. The summed E-state index contributed by atoms with van der Waals surface area (Å²) in [6, 6.07) is 10.4. The van der Waals surface area contributed by atoms with Crippen molar-refractivity contribution in [1.82, 2.24) is 9.78 Å². The average molecular weight is 279 g/mol. The molecule has 21 heavy (non-hydrogen) atoms. The molecule has 5 rings (SSSR count). The maximum atomic E-state index is 6.58. The lowest BCUT2D eigenvalue weighted by atomic mass is 9.95. The van der Waals surface area contributed by atoms with Gasteiger partial charge in [0.1, 0.15) is 0 Å². The van der Waals surface area contributed by atoms with E-state index in [0.717, 1.165) is 35.3 Å². The van der Waals surface area contributed by atoms with Crippen molar-refractivity contribution in [2.45, 2.75) is 25.3 Å². The molecule has 5 unspecified atom stereocenters. The molecule has 0 saturated heterocycles. The van der Waals surface area contributed by atoms with Gasteiger partial charge < -0.3 is 5.73 Å². The Kier molecular flexibility index (Phi) is 2.40. The minimum absolute atomic E-state index is 0.181. The van der Waals surface area contributed by atoms with Crippen LogP contribution < -0.4 is 5.73 Å². The van der Waals surface area contributed by atoms with E-state index in [1.807, 2.05) is 29.1 Å². The number of hydrogen-bond acceptors (Lipinski definition) is 2. The number of nitrogens with two attached hydrogens (primary N) is 1. The van der Waals surface area contributed by atoms with E-state index < -0.39 is 0 Å². The topological polar surface area (TPSA) is 43.8 Å². The Morgan fingerprint density at radius 1 is 1.10 bits per heavy atom. The van der Waals surface area contributed by atoms with Crippen LogP contribution in [-0.4, -0.2) is 9.78 Å². The number of rotatable bonds is 3. The van der Waals surface area contributed by atoms with Gasteiger partial charge in [-0.3, -0.25) is 0 Å². The van der Waals surface area contributed by atoms with Crippen LogP contribution in [-0.2, 0) is 0 Å². The van der Waals surface area contributed by atoms with Gasteiger partial charge in [-0.2, -0.15) is 5.10 Å². The summed E-state index contributed by atoms with van der Waals surface area (Å²) in [7, 11) is 0. The Bertz CT molecular complexity index is 646. The molecule has 1 aromatic heterocycles. The summed E-state index contributed by atoms with van der Waals surface area (Å²) in [4.78, 5) is 0. The quantitative estimate of drug-likeness (QED) is 0.938. The molecule has 1 aromatic carbocycles. The van der Waals surface area contributed by atoms with E-state index in [1.165, 1.54) is 24.8 Å². The molecule has 108 valence electrons. The zero-order valence-electron chi connectivity index (χ0n) is 12.1. The SMILES string of the molecule is NC(c1cnn(-c2ccccc2)c1)C1C2C3CCC(C3)C21. The molecule has 2 N–H and O–H groups in total. The van der Waals surface area contributed by atoms with Crippen LogP contribution in [0.2, 0.25) is 0 Å². The van der Waals surface area contributed by atoms with E-state index in [-0.39, 0.29) is 6.04 Å². The van der Waals surface area contributed by atoms with Gasteiger partial charge in [0.05, 0.1) is 11.9 Å². The molecule has 2 aromatic rings. The predicted molar refractivity (Wildman–Crippen MR) is 81.8 cm³/mol. The first-order valence-electron chi connectivity index (χ1n) is 8.18. The van der Waals surface area contributed by atoms with E-state index in [4.69, 9.17) is 5.73 Å². The highest BCUT2D eigenvalue weighted by Crippen LogP contribution is 2.71. The van der Waals surface area contributed by atoms with Gasteiger partial charge in [-0.1, -0.05) is 18.2 Å². The maximum absolute atomic E-state index is 6.58. The lowest BCUT2D eigenvalue weighted by molar-refractivity contribution is 0.417. The molecule has 0 aliphatic heterocycles. The third-order valence-corrected chi connectivity index (χ3v) is 6.22. The Morgan fingerprint density at radius 3 is 2.52 bits per heavy atom. The van der Waals surface area contributed by atoms with E-state index >= 15 is 0 Å². The van der Waals surface area contributed by atoms with Crippen molar-refractivity contribution < 1.29 is 0 Å². The van der Waals surface area contributed by atoms with Crippen LogP contribution in [0.1, 0.15) is 30.9 Å². The normalized spacial score (nSPS) is 37.5. The van der Waals surface area contributed by atoms with Crippen LogP contribution in [0.15, 0.2) is 42.7 Å². The van der Waals surface area contributed by atoms with Crippen LogP contribution in [0.3, 0.4) is 0 Å². The fraction of sp³-hybridized carbons (Fsp3) is 0.500. The summed E-state index contributed by atoms with van der Waals surface area (Å²) in [6.45, 7) is 0. The summed E-state index contributed by atoms with van der Waals surface area (Å²) < 4.78 is 1.95. The predicted octanol–water partition coefficient (Wildman–Crippen LogP) is 3.16. The highest BCUT2D eigenvalue weighted by molar-refractivity contribution is 5.32.